The number of aromatic nitrogens is 4. The molecule has 0 spiro atoms. The Hall–Kier alpha value is -2.53. The maximum Gasteiger partial charge on any atom is 0.235 e. The van der Waals surface area contributed by atoms with Crippen LogP contribution in [-0.2, 0) is 14.8 Å². The van der Waals surface area contributed by atoms with E-state index in [-0.39, 0.29) is 12.5 Å². The average Bonchev–Trinajstić information content (AvgIpc) is 2.96. The minimum absolute atomic E-state index is 0.213. The molecule has 0 aliphatic rings. The molecule has 10 nitrogen and oxygen atoms in total. The highest BCUT2D eigenvalue weighted by Gasteiger charge is 2.14. The number of hydrogen-bond donors (Lipinski definition) is 2. The molecule has 2 N–H and O–H groups in total. The third kappa shape index (κ3) is 5.49. The van der Waals surface area contributed by atoms with Gasteiger partial charge in [-0.25, -0.2) is 23.4 Å². The van der Waals surface area contributed by atoms with Crippen LogP contribution in [0.15, 0.2) is 18.5 Å². The predicted molar refractivity (Wildman–Crippen MR) is 97.6 cm³/mol. The van der Waals surface area contributed by atoms with E-state index in [4.69, 9.17) is 0 Å². The van der Waals surface area contributed by atoms with Crippen molar-refractivity contribution < 1.29 is 13.2 Å². The Morgan fingerprint density at radius 2 is 2.00 bits per heavy atom. The number of anilines is 1. The Morgan fingerprint density at radius 1 is 1.27 bits per heavy atom. The quantitative estimate of drug-likeness (QED) is 0.602. The molecule has 1 amide bonds. The minimum Gasteiger partial charge on any atom is -0.368 e. The van der Waals surface area contributed by atoms with Gasteiger partial charge in [0.15, 0.2) is 0 Å². The van der Waals surface area contributed by atoms with E-state index in [9.17, 15) is 13.2 Å². The molecule has 2 aromatic rings. The molecule has 0 unspecified atom stereocenters. The first-order valence-electron chi connectivity index (χ1n) is 7.94. The Labute approximate surface area is 152 Å². The minimum atomic E-state index is -3.37. The van der Waals surface area contributed by atoms with Crippen LogP contribution < -0.4 is 10.6 Å². The highest BCUT2D eigenvalue weighted by atomic mass is 32.2. The van der Waals surface area contributed by atoms with E-state index < -0.39 is 10.0 Å². The number of sulfonamides is 1. The molecule has 2 rings (SSSR count). The van der Waals surface area contributed by atoms with Gasteiger partial charge < -0.3 is 10.6 Å². The fourth-order valence-electron chi connectivity index (χ4n) is 2.15. The largest absolute Gasteiger partial charge is 0.368 e. The highest BCUT2D eigenvalue weighted by Crippen LogP contribution is 2.12. The van der Waals surface area contributed by atoms with E-state index in [2.05, 4.69) is 25.6 Å². The van der Waals surface area contributed by atoms with Crippen LogP contribution in [0.1, 0.15) is 11.6 Å². The van der Waals surface area contributed by atoms with Crippen molar-refractivity contribution in [3.8, 4) is 5.82 Å². The lowest BCUT2D eigenvalue weighted by molar-refractivity contribution is -0.121. The van der Waals surface area contributed by atoms with Crippen LogP contribution in [0.2, 0.25) is 0 Å². The van der Waals surface area contributed by atoms with E-state index in [1.54, 1.807) is 19.2 Å². The number of likely N-dealkylation sites (N-methyl/N-ethyl adjacent to an activating group) is 1. The van der Waals surface area contributed by atoms with Gasteiger partial charge in [0.2, 0.25) is 15.9 Å². The molecule has 0 bridgehead atoms. The van der Waals surface area contributed by atoms with Gasteiger partial charge in [-0.2, -0.15) is 4.31 Å². The smallest absolute Gasteiger partial charge is 0.235 e. The summed E-state index contributed by atoms with van der Waals surface area (Å²) < 4.78 is 25.4. The van der Waals surface area contributed by atoms with E-state index in [0.29, 0.717) is 30.5 Å². The first-order valence-corrected chi connectivity index (χ1v) is 9.79. The zero-order valence-electron chi connectivity index (χ0n) is 15.2. The summed E-state index contributed by atoms with van der Waals surface area (Å²) in [5, 5.41) is 5.77. The maximum absolute atomic E-state index is 11.7. The van der Waals surface area contributed by atoms with Crippen LogP contribution >= 0.6 is 0 Å². The summed E-state index contributed by atoms with van der Waals surface area (Å²) in [6.45, 7) is 4.24. The van der Waals surface area contributed by atoms with Gasteiger partial charge in [0.05, 0.1) is 12.8 Å². The van der Waals surface area contributed by atoms with Crippen molar-refractivity contribution in [1.82, 2.24) is 29.1 Å². The SMILES string of the molecule is Cc1nc(NCCNC(=O)CN(C)S(C)(=O)=O)cc(-n2ccnc2C)n1. The molecule has 0 atom stereocenters. The first kappa shape index (κ1) is 19.8. The Bertz CT molecular complexity index is 879. The molecular weight excluding hydrogens is 358 g/mol. The van der Waals surface area contributed by atoms with Gasteiger partial charge >= 0.3 is 0 Å². The van der Waals surface area contributed by atoms with Crippen LogP contribution in [0.4, 0.5) is 5.82 Å². The van der Waals surface area contributed by atoms with Crippen molar-refractivity contribution in [2.45, 2.75) is 13.8 Å². The second kappa shape index (κ2) is 8.23. The fourth-order valence-corrected chi connectivity index (χ4v) is 2.51. The number of rotatable bonds is 8. The molecule has 0 aliphatic heterocycles. The summed E-state index contributed by atoms with van der Waals surface area (Å²) in [5.74, 6) is 2.39. The molecule has 2 aromatic heterocycles. The van der Waals surface area contributed by atoms with Crippen molar-refractivity contribution in [2.24, 2.45) is 0 Å². The van der Waals surface area contributed by atoms with Gasteiger partial charge in [0, 0.05) is 38.6 Å². The molecular formula is C15H23N7O3S. The molecule has 11 heteroatoms. The number of nitrogens with zero attached hydrogens (tertiary/aromatic N) is 5. The van der Waals surface area contributed by atoms with Crippen molar-refractivity contribution in [3.05, 3.63) is 30.1 Å². The van der Waals surface area contributed by atoms with Crippen molar-refractivity contribution in [2.75, 3.05) is 38.3 Å². The summed E-state index contributed by atoms with van der Waals surface area (Å²) in [7, 11) is -2.02. The number of aryl methyl sites for hydroxylation is 2. The van der Waals surface area contributed by atoms with Crippen LogP contribution in [0.3, 0.4) is 0 Å². The second-order valence-corrected chi connectivity index (χ2v) is 7.89. The monoisotopic (exact) mass is 381 g/mol. The molecule has 0 radical (unpaired) electrons. The van der Waals surface area contributed by atoms with Gasteiger partial charge in [-0.3, -0.25) is 9.36 Å². The molecule has 0 aromatic carbocycles. The topological polar surface area (TPSA) is 122 Å². The Morgan fingerprint density at radius 3 is 2.62 bits per heavy atom. The Kier molecular flexibility index (Phi) is 6.27. The van der Waals surface area contributed by atoms with Crippen LogP contribution in [0.5, 0.6) is 0 Å². The molecule has 0 saturated carbocycles. The zero-order valence-corrected chi connectivity index (χ0v) is 16.0. The zero-order chi connectivity index (χ0) is 19.3. The van der Waals surface area contributed by atoms with E-state index in [1.807, 2.05) is 17.7 Å². The summed E-state index contributed by atoms with van der Waals surface area (Å²) in [5.41, 5.74) is 0. The third-order valence-corrected chi connectivity index (χ3v) is 4.84. The van der Waals surface area contributed by atoms with E-state index >= 15 is 0 Å². The van der Waals surface area contributed by atoms with Crippen molar-refractivity contribution >= 4 is 21.7 Å². The van der Waals surface area contributed by atoms with Crippen LogP contribution in [0, 0.1) is 13.8 Å². The molecule has 142 valence electrons. The van der Waals surface area contributed by atoms with Crippen LogP contribution in [0.25, 0.3) is 5.82 Å². The summed E-state index contributed by atoms with van der Waals surface area (Å²) >= 11 is 0. The number of carbonyl (C=O) groups is 1. The number of carbonyl (C=O) groups excluding carboxylic acids is 1. The van der Waals surface area contributed by atoms with E-state index in [0.717, 1.165) is 16.4 Å². The molecule has 0 aliphatic carbocycles. The summed E-state index contributed by atoms with van der Waals surface area (Å²) in [4.78, 5) is 24.6. The number of hydrogen-bond acceptors (Lipinski definition) is 7. The lowest BCUT2D eigenvalue weighted by atomic mass is 10.4. The second-order valence-electron chi connectivity index (χ2n) is 5.80. The average molecular weight is 381 g/mol. The van der Waals surface area contributed by atoms with Gasteiger partial charge in [0.25, 0.3) is 0 Å². The van der Waals surface area contributed by atoms with Gasteiger partial charge in [0.1, 0.15) is 23.3 Å². The Balaban J connectivity index is 1.88. The number of imidazole rings is 1. The van der Waals surface area contributed by atoms with Gasteiger partial charge in [-0.15, -0.1) is 0 Å². The molecule has 0 saturated heterocycles. The normalized spacial score (nSPS) is 11.6. The first-order chi connectivity index (χ1) is 12.2. The summed E-state index contributed by atoms with van der Waals surface area (Å²) in [6.07, 6.45) is 4.57. The lowest BCUT2D eigenvalue weighted by Crippen LogP contribution is -2.39. The lowest BCUT2D eigenvalue weighted by Gasteiger charge is -2.14. The fraction of sp³-hybridized carbons (Fsp3) is 0.467. The van der Waals surface area contributed by atoms with Crippen molar-refractivity contribution in [3.63, 3.8) is 0 Å². The van der Waals surface area contributed by atoms with E-state index in [1.165, 1.54) is 7.05 Å². The maximum atomic E-state index is 11.7. The van der Waals surface area contributed by atoms with Gasteiger partial charge in [-0.05, 0) is 13.8 Å². The van der Waals surface area contributed by atoms with Crippen molar-refractivity contribution in [1.29, 1.82) is 0 Å². The standard InChI is InChI=1S/C15H23N7O3S/c1-11-19-13(9-14(20-11)22-8-7-16-12(22)2)17-5-6-18-15(23)10-21(3)26(4,24)25/h7-9H,5-6,10H2,1-4H3,(H,18,23)(H,17,19,20). The highest BCUT2D eigenvalue weighted by molar-refractivity contribution is 7.88. The summed E-state index contributed by atoms with van der Waals surface area (Å²) in [6, 6.07) is 1.79. The predicted octanol–water partition coefficient (Wildman–Crippen LogP) is -0.301. The number of amides is 1. The third-order valence-electron chi connectivity index (χ3n) is 3.58. The molecule has 26 heavy (non-hydrogen) atoms. The van der Waals surface area contributed by atoms with Gasteiger partial charge in [-0.1, -0.05) is 0 Å². The number of nitrogens with one attached hydrogen (secondary N) is 2. The molecule has 2 heterocycles. The molecule has 0 fully saturated rings. The van der Waals surface area contributed by atoms with Crippen LogP contribution in [-0.4, -0.2) is 71.1 Å².